The van der Waals surface area contributed by atoms with E-state index < -0.39 is 6.04 Å². The normalized spacial score (nSPS) is 10.0. The van der Waals surface area contributed by atoms with Crippen molar-refractivity contribution >= 4 is 40.8 Å². The van der Waals surface area contributed by atoms with Gasteiger partial charge in [-0.25, -0.2) is 0 Å². The van der Waals surface area contributed by atoms with E-state index >= 15 is 0 Å². The molecular weight excluding hydrogens is 225 g/mol. The zero-order chi connectivity index (χ0) is 9.30. The second-order valence-corrected chi connectivity index (χ2v) is 3.22. The zero-order valence-electron chi connectivity index (χ0n) is 5.57. The molecule has 1 aromatic rings. The first kappa shape index (κ1) is 9.78. The van der Waals surface area contributed by atoms with Gasteiger partial charge in [0, 0.05) is 0 Å². The van der Waals surface area contributed by atoms with Crippen molar-refractivity contribution in [1.82, 2.24) is 0 Å². The number of hydrogen-bond acceptors (Lipinski definition) is 1. The fraction of sp³-hybridized carbons (Fsp3) is 0. The maximum absolute atomic E-state index is 12.1. The molecule has 0 heterocycles. The van der Waals surface area contributed by atoms with Crippen molar-refractivity contribution in [3.8, 4) is 0 Å². The second-order valence-electron chi connectivity index (χ2n) is 2.03. The van der Waals surface area contributed by atoms with Crippen LogP contribution >= 0.6 is 34.8 Å². The van der Waals surface area contributed by atoms with Crippen molar-refractivity contribution in [1.29, 1.82) is 0 Å². The van der Waals surface area contributed by atoms with Crippen LogP contribution in [0.3, 0.4) is 0 Å². The lowest BCUT2D eigenvalue weighted by Gasteiger charge is -1.99. The molecule has 0 aromatic heterocycles. The van der Waals surface area contributed by atoms with Gasteiger partial charge in [-0.15, -0.1) is 0 Å². The Labute approximate surface area is 83.0 Å². The fourth-order valence-corrected chi connectivity index (χ4v) is 1.27. The number of carbonyl (C=O) groups excluding carboxylic acids is 1. The standard InChI is InChI=1S/C7H2Cl3FO/c8-4-1-3(7(11)12)2-5(9)6(4)10/h1-2H. The topological polar surface area (TPSA) is 17.1 Å². The van der Waals surface area contributed by atoms with Crippen LogP contribution in [-0.4, -0.2) is 6.04 Å². The summed E-state index contributed by atoms with van der Waals surface area (Å²) in [6, 6.07) is 0.659. The van der Waals surface area contributed by atoms with E-state index in [0.29, 0.717) is 0 Å². The Kier molecular flexibility index (Phi) is 2.94. The van der Waals surface area contributed by atoms with Crippen molar-refractivity contribution in [2.75, 3.05) is 0 Å². The van der Waals surface area contributed by atoms with Gasteiger partial charge in [0.1, 0.15) is 0 Å². The third-order valence-corrected chi connectivity index (χ3v) is 2.41. The van der Waals surface area contributed by atoms with Crippen LogP contribution in [0, 0.1) is 0 Å². The van der Waals surface area contributed by atoms with Crippen LogP contribution in [0.15, 0.2) is 12.1 Å². The van der Waals surface area contributed by atoms with Crippen molar-refractivity contribution in [2.45, 2.75) is 0 Å². The Morgan fingerprint density at radius 3 is 1.92 bits per heavy atom. The summed E-state index contributed by atoms with van der Waals surface area (Å²) in [5.74, 6) is 0. The minimum atomic E-state index is -1.59. The monoisotopic (exact) mass is 226 g/mol. The van der Waals surface area contributed by atoms with Gasteiger partial charge in [-0.2, -0.15) is 4.39 Å². The molecule has 5 heteroatoms. The van der Waals surface area contributed by atoms with Crippen LogP contribution in [0.1, 0.15) is 10.4 Å². The lowest BCUT2D eigenvalue weighted by atomic mass is 10.2. The molecular formula is C7H2Cl3FO. The van der Waals surface area contributed by atoms with Crippen LogP contribution in [0.4, 0.5) is 4.39 Å². The largest absolute Gasteiger partial charge is 0.332 e. The molecule has 0 saturated carbocycles. The lowest BCUT2D eigenvalue weighted by molar-refractivity contribution is 0.0836. The van der Waals surface area contributed by atoms with E-state index in [2.05, 4.69) is 0 Å². The van der Waals surface area contributed by atoms with E-state index in [-0.39, 0.29) is 20.6 Å². The van der Waals surface area contributed by atoms with Gasteiger partial charge in [-0.1, -0.05) is 34.8 Å². The maximum Gasteiger partial charge on any atom is 0.332 e. The van der Waals surface area contributed by atoms with Gasteiger partial charge in [-0.05, 0) is 12.1 Å². The average Bonchev–Trinajstić information content (AvgIpc) is 1.99. The summed E-state index contributed by atoms with van der Waals surface area (Å²) in [4.78, 5) is 10.2. The first-order chi connectivity index (χ1) is 5.52. The van der Waals surface area contributed by atoms with E-state index in [0.717, 1.165) is 12.1 Å². The molecule has 0 spiro atoms. The van der Waals surface area contributed by atoms with Gasteiger partial charge < -0.3 is 0 Å². The summed E-state index contributed by atoms with van der Waals surface area (Å²) in [6.07, 6.45) is 0. The molecule has 1 rings (SSSR count). The van der Waals surface area contributed by atoms with Crippen LogP contribution in [0.5, 0.6) is 0 Å². The molecule has 0 bridgehead atoms. The Morgan fingerprint density at radius 1 is 1.17 bits per heavy atom. The van der Waals surface area contributed by atoms with E-state index in [1.165, 1.54) is 0 Å². The first-order valence-electron chi connectivity index (χ1n) is 2.86. The first-order valence-corrected chi connectivity index (χ1v) is 4.00. The van der Waals surface area contributed by atoms with Crippen LogP contribution < -0.4 is 0 Å². The van der Waals surface area contributed by atoms with Gasteiger partial charge in [0.15, 0.2) is 0 Å². The van der Waals surface area contributed by atoms with E-state index in [9.17, 15) is 9.18 Å². The Bertz CT molecular complexity index is 314. The third kappa shape index (κ3) is 1.89. The molecule has 0 unspecified atom stereocenters. The molecule has 0 N–H and O–H groups in total. The molecule has 1 aromatic carbocycles. The zero-order valence-corrected chi connectivity index (χ0v) is 7.84. The maximum atomic E-state index is 12.1. The van der Waals surface area contributed by atoms with Gasteiger partial charge in [0.05, 0.1) is 20.6 Å². The minimum Gasteiger partial charge on any atom is -0.255 e. The molecule has 0 saturated heterocycles. The summed E-state index contributed by atoms with van der Waals surface area (Å²) in [5.41, 5.74) is -0.200. The van der Waals surface area contributed by atoms with Gasteiger partial charge in [-0.3, -0.25) is 4.79 Å². The highest BCUT2D eigenvalue weighted by molar-refractivity contribution is 6.48. The average molecular weight is 227 g/mol. The van der Waals surface area contributed by atoms with Crippen LogP contribution in [0.2, 0.25) is 15.1 Å². The third-order valence-electron chi connectivity index (χ3n) is 1.21. The fourth-order valence-electron chi connectivity index (χ4n) is 0.669. The van der Waals surface area contributed by atoms with Crippen molar-refractivity contribution in [3.63, 3.8) is 0 Å². The molecule has 0 aliphatic heterocycles. The SMILES string of the molecule is O=C(F)c1cc(Cl)c(Cl)c(Cl)c1. The predicted octanol–water partition coefficient (Wildman–Crippen LogP) is 3.76. The predicted molar refractivity (Wildman–Crippen MR) is 46.9 cm³/mol. The Balaban J connectivity index is 3.31. The highest BCUT2D eigenvalue weighted by Crippen LogP contribution is 2.31. The summed E-state index contributed by atoms with van der Waals surface area (Å²) in [7, 11) is 0. The summed E-state index contributed by atoms with van der Waals surface area (Å²) in [6.45, 7) is 0. The minimum absolute atomic E-state index is 0.0603. The van der Waals surface area contributed by atoms with E-state index in [1.807, 2.05) is 0 Å². The Morgan fingerprint density at radius 2 is 1.58 bits per heavy atom. The molecule has 1 nitrogen and oxygen atoms in total. The molecule has 64 valence electrons. The lowest BCUT2D eigenvalue weighted by Crippen LogP contribution is -1.89. The molecule has 0 aliphatic rings. The number of carbonyl (C=O) groups is 1. The smallest absolute Gasteiger partial charge is 0.255 e. The molecule has 0 radical (unpaired) electrons. The van der Waals surface area contributed by atoms with Gasteiger partial charge >= 0.3 is 6.04 Å². The second kappa shape index (κ2) is 3.60. The van der Waals surface area contributed by atoms with Crippen LogP contribution in [0.25, 0.3) is 0 Å². The number of rotatable bonds is 1. The van der Waals surface area contributed by atoms with Gasteiger partial charge in [0.2, 0.25) is 0 Å². The van der Waals surface area contributed by atoms with E-state index in [4.69, 9.17) is 34.8 Å². The summed E-state index contributed by atoms with van der Waals surface area (Å²) in [5, 5.41) is 0.235. The van der Waals surface area contributed by atoms with Gasteiger partial charge in [0.25, 0.3) is 0 Å². The van der Waals surface area contributed by atoms with Crippen molar-refractivity contribution in [3.05, 3.63) is 32.8 Å². The van der Waals surface area contributed by atoms with Crippen molar-refractivity contribution in [2.24, 2.45) is 0 Å². The van der Waals surface area contributed by atoms with E-state index in [1.54, 1.807) is 0 Å². The number of benzene rings is 1. The molecule has 0 fully saturated rings. The molecule has 0 amide bonds. The highest BCUT2D eigenvalue weighted by atomic mass is 35.5. The number of hydrogen-bond donors (Lipinski definition) is 0. The molecule has 12 heavy (non-hydrogen) atoms. The summed E-state index contributed by atoms with van der Waals surface area (Å²) < 4.78 is 12.1. The molecule has 0 atom stereocenters. The van der Waals surface area contributed by atoms with Crippen LogP contribution in [-0.2, 0) is 0 Å². The van der Waals surface area contributed by atoms with Crippen molar-refractivity contribution < 1.29 is 9.18 Å². The Hall–Kier alpha value is -0.310. The highest BCUT2D eigenvalue weighted by Gasteiger charge is 2.10. The number of halogens is 4. The quantitative estimate of drug-likeness (QED) is 0.527. The molecule has 0 aliphatic carbocycles. The summed E-state index contributed by atoms with van der Waals surface area (Å²) >= 11 is 16.6.